The van der Waals surface area contributed by atoms with Crippen LogP contribution in [-0.4, -0.2) is 87.4 Å². The van der Waals surface area contributed by atoms with Gasteiger partial charge in [0, 0.05) is 12.8 Å². The Morgan fingerprint density at radius 2 is 0.873 bits per heavy atom. The van der Waals surface area contributed by atoms with Gasteiger partial charge in [0.15, 0.2) is 6.10 Å². The van der Waals surface area contributed by atoms with Crippen molar-refractivity contribution in [2.24, 2.45) is 0 Å². The Hall–Kier alpha value is -4.05. The van der Waals surface area contributed by atoms with Crippen LogP contribution in [0.3, 0.4) is 0 Å². The number of quaternary nitrogens is 1. The Morgan fingerprint density at radius 1 is 0.476 bits per heavy atom. The number of hydrogen-bond donors (Lipinski definition) is 1. The first kappa shape index (κ1) is 58.9. The number of carboxylic acid groups (broad SMARTS) is 1. The first-order valence-corrected chi connectivity index (χ1v) is 24.1. The van der Waals surface area contributed by atoms with Crippen molar-refractivity contribution in [3.8, 4) is 0 Å². The van der Waals surface area contributed by atoms with Gasteiger partial charge in [-0.1, -0.05) is 162 Å². The Labute approximate surface area is 384 Å². The van der Waals surface area contributed by atoms with E-state index in [-0.39, 0.29) is 38.6 Å². The largest absolute Gasteiger partial charge is 0.477 e. The maximum Gasteiger partial charge on any atom is 0.361 e. The standard InChI is InChI=1S/C54H87NO8/c1-6-8-10-12-14-16-18-20-22-24-25-26-27-29-30-32-34-36-38-40-42-44-51(56)61-48-50(49-62-54(53(58)59)60-47-46-55(3,4)5)63-52(57)45-43-41-39-37-35-33-31-28-23-21-19-17-15-13-11-9-7-2/h8-11,14-17,20-23,25-26,31,33,37,39,50,54H,6-7,12-13,18-19,24,27-30,32,34-36,38,40-49H2,1-5H3/p+1/b10-8-,11-9-,16-14-,17-15-,22-20-,23-21-,26-25-,33-31-,39-37-. The minimum absolute atomic E-state index is 0.169. The van der Waals surface area contributed by atoms with Crippen LogP contribution in [-0.2, 0) is 33.3 Å². The number of aliphatic carboxylic acids is 1. The number of nitrogens with zero attached hydrogens (tertiary/aromatic N) is 1. The number of esters is 2. The van der Waals surface area contributed by atoms with Crippen molar-refractivity contribution in [1.29, 1.82) is 0 Å². The van der Waals surface area contributed by atoms with E-state index in [4.69, 9.17) is 18.9 Å². The minimum atomic E-state index is -1.53. The number of carboxylic acids is 1. The highest BCUT2D eigenvalue weighted by atomic mass is 16.7. The van der Waals surface area contributed by atoms with Crippen LogP contribution >= 0.6 is 0 Å². The molecule has 0 saturated heterocycles. The average Bonchev–Trinajstić information content (AvgIpc) is 3.24. The van der Waals surface area contributed by atoms with Gasteiger partial charge < -0.3 is 28.5 Å². The number of rotatable bonds is 42. The summed E-state index contributed by atoms with van der Waals surface area (Å²) in [5.41, 5.74) is 0. The molecule has 2 atom stereocenters. The number of unbranched alkanes of at least 4 members (excludes halogenated alkanes) is 9. The van der Waals surface area contributed by atoms with Gasteiger partial charge in [-0.2, -0.15) is 0 Å². The molecule has 2 unspecified atom stereocenters. The molecule has 0 aliphatic heterocycles. The third kappa shape index (κ3) is 45.8. The Morgan fingerprint density at radius 3 is 1.32 bits per heavy atom. The molecular formula is C54H88NO8+. The van der Waals surface area contributed by atoms with Gasteiger partial charge in [0.2, 0.25) is 0 Å². The van der Waals surface area contributed by atoms with Crippen LogP contribution in [0.2, 0.25) is 0 Å². The van der Waals surface area contributed by atoms with Crippen LogP contribution < -0.4 is 0 Å². The highest BCUT2D eigenvalue weighted by molar-refractivity contribution is 5.71. The first-order valence-electron chi connectivity index (χ1n) is 24.1. The second kappa shape index (κ2) is 44.6. The molecule has 0 spiro atoms. The van der Waals surface area contributed by atoms with E-state index in [0.29, 0.717) is 23.9 Å². The third-order valence-corrected chi connectivity index (χ3v) is 9.52. The number of ether oxygens (including phenoxy) is 4. The average molecular weight is 879 g/mol. The topological polar surface area (TPSA) is 108 Å². The van der Waals surface area contributed by atoms with E-state index in [1.807, 2.05) is 27.2 Å². The van der Waals surface area contributed by atoms with E-state index in [1.165, 1.54) is 25.7 Å². The molecule has 0 aliphatic carbocycles. The van der Waals surface area contributed by atoms with Crippen molar-refractivity contribution in [3.63, 3.8) is 0 Å². The van der Waals surface area contributed by atoms with Crippen molar-refractivity contribution in [1.82, 2.24) is 0 Å². The van der Waals surface area contributed by atoms with Crippen LogP contribution in [0.15, 0.2) is 109 Å². The smallest absolute Gasteiger partial charge is 0.361 e. The van der Waals surface area contributed by atoms with Crippen LogP contribution in [0.5, 0.6) is 0 Å². The maximum absolute atomic E-state index is 12.8. The molecule has 0 radical (unpaired) electrons. The van der Waals surface area contributed by atoms with Crippen molar-refractivity contribution in [2.75, 3.05) is 47.5 Å². The second-order valence-corrected chi connectivity index (χ2v) is 16.7. The van der Waals surface area contributed by atoms with E-state index in [2.05, 4.69) is 117 Å². The second-order valence-electron chi connectivity index (χ2n) is 16.7. The van der Waals surface area contributed by atoms with Crippen LogP contribution in [0, 0.1) is 0 Å². The molecule has 0 amide bonds. The van der Waals surface area contributed by atoms with Gasteiger partial charge in [0.1, 0.15) is 13.2 Å². The summed E-state index contributed by atoms with van der Waals surface area (Å²) < 4.78 is 22.7. The lowest BCUT2D eigenvalue weighted by molar-refractivity contribution is -0.870. The highest BCUT2D eigenvalue weighted by Crippen LogP contribution is 2.13. The SMILES string of the molecule is CC/C=C\C/C=C\C/C=C\C/C=C\C/C=C\CCCC(=O)OC(COC(=O)CCCCCCCCCC/C=C\C/C=C\C/C=C\C/C=C\CC)COC(OCC[N+](C)(C)C)C(=O)O. The Bertz CT molecular complexity index is 1390. The molecule has 9 nitrogen and oxygen atoms in total. The fourth-order valence-corrected chi connectivity index (χ4v) is 5.86. The van der Waals surface area contributed by atoms with Crippen molar-refractivity contribution in [2.45, 2.75) is 167 Å². The molecule has 356 valence electrons. The lowest BCUT2D eigenvalue weighted by atomic mass is 10.1. The number of carbonyl (C=O) groups is 3. The molecule has 9 heteroatoms. The number of allylic oxidation sites excluding steroid dienone is 18. The van der Waals surface area contributed by atoms with Crippen LogP contribution in [0.4, 0.5) is 0 Å². The molecule has 0 rings (SSSR count). The van der Waals surface area contributed by atoms with Crippen LogP contribution in [0.25, 0.3) is 0 Å². The molecule has 1 N–H and O–H groups in total. The monoisotopic (exact) mass is 879 g/mol. The Balaban J connectivity index is 4.49. The molecule has 0 bridgehead atoms. The number of likely N-dealkylation sites (N-methyl/N-ethyl adjacent to an activating group) is 1. The summed E-state index contributed by atoms with van der Waals surface area (Å²) in [7, 11) is 5.92. The Kier molecular flexibility index (Phi) is 41.7. The summed E-state index contributed by atoms with van der Waals surface area (Å²) in [5.74, 6) is -2.11. The fourth-order valence-electron chi connectivity index (χ4n) is 5.86. The summed E-state index contributed by atoms with van der Waals surface area (Å²) in [4.78, 5) is 37.2. The maximum atomic E-state index is 12.8. The van der Waals surface area contributed by atoms with Crippen molar-refractivity contribution >= 4 is 17.9 Å². The summed E-state index contributed by atoms with van der Waals surface area (Å²) in [6, 6.07) is 0. The lowest BCUT2D eigenvalue weighted by Gasteiger charge is -2.25. The predicted molar refractivity (Wildman–Crippen MR) is 262 cm³/mol. The first-order chi connectivity index (χ1) is 30.6. The summed E-state index contributed by atoms with van der Waals surface area (Å²) in [6.07, 6.45) is 57.3. The summed E-state index contributed by atoms with van der Waals surface area (Å²) in [6.45, 7) is 4.54. The molecule has 0 aromatic rings. The zero-order valence-electron chi connectivity index (χ0n) is 40.2. The lowest BCUT2D eigenvalue weighted by Crippen LogP contribution is -2.40. The van der Waals surface area contributed by atoms with E-state index in [0.717, 1.165) is 89.9 Å². The zero-order chi connectivity index (χ0) is 46.3. The van der Waals surface area contributed by atoms with Gasteiger partial charge in [0.05, 0.1) is 34.4 Å². The third-order valence-electron chi connectivity index (χ3n) is 9.52. The minimum Gasteiger partial charge on any atom is -0.477 e. The molecule has 0 aromatic heterocycles. The van der Waals surface area contributed by atoms with E-state index in [1.54, 1.807) is 0 Å². The van der Waals surface area contributed by atoms with Gasteiger partial charge >= 0.3 is 17.9 Å². The van der Waals surface area contributed by atoms with Crippen molar-refractivity contribution < 1.29 is 42.9 Å². The molecule has 0 aromatic carbocycles. The van der Waals surface area contributed by atoms with Gasteiger partial charge in [-0.05, 0) is 89.9 Å². The van der Waals surface area contributed by atoms with Crippen molar-refractivity contribution in [3.05, 3.63) is 109 Å². The summed E-state index contributed by atoms with van der Waals surface area (Å²) in [5, 5.41) is 9.65. The fraction of sp³-hybridized carbons (Fsp3) is 0.611. The molecule has 0 fully saturated rings. The van der Waals surface area contributed by atoms with Gasteiger partial charge in [-0.3, -0.25) is 9.59 Å². The highest BCUT2D eigenvalue weighted by Gasteiger charge is 2.25. The molecule has 0 heterocycles. The molecular weight excluding hydrogens is 791 g/mol. The molecule has 0 saturated carbocycles. The molecule has 63 heavy (non-hydrogen) atoms. The quantitative estimate of drug-likeness (QED) is 0.0212. The summed E-state index contributed by atoms with van der Waals surface area (Å²) >= 11 is 0. The van der Waals surface area contributed by atoms with Crippen LogP contribution in [0.1, 0.15) is 155 Å². The normalized spacial score (nSPS) is 13.9. The van der Waals surface area contributed by atoms with Gasteiger partial charge in [0.25, 0.3) is 6.29 Å². The predicted octanol–water partition coefficient (Wildman–Crippen LogP) is 13.2. The van der Waals surface area contributed by atoms with Gasteiger partial charge in [-0.15, -0.1) is 0 Å². The van der Waals surface area contributed by atoms with E-state index in [9.17, 15) is 19.5 Å². The molecule has 0 aliphatic rings. The van der Waals surface area contributed by atoms with Gasteiger partial charge in [-0.25, -0.2) is 4.79 Å². The number of carbonyl (C=O) groups excluding carboxylic acids is 2. The van der Waals surface area contributed by atoms with E-state index >= 15 is 0 Å². The van der Waals surface area contributed by atoms with E-state index < -0.39 is 24.3 Å². The zero-order valence-corrected chi connectivity index (χ0v) is 40.2. The number of hydrogen-bond acceptors (Lipinski definition) is 7.